The molecule has 1 aliphatic heterocycles. The van der Waals surface area contributed by atoms with Crippen LogP contribution in [-0.2, 0) is 19.3 Å². The van der Waals surface area contributed by atoms with Crippen LogP contribution in [-0.4, -0.2) is 35.0 Å². The van der Waals surface area contributed by atoms with Crippen LogP contribution in [0.3, 0.4) is 0 Å². The number of aromatic nitrogens is 2. The van der Waals surface area contributed by atoms with Gasteiger partial charge in [0.05, 0.1) is 11.1 Å². The quantitative estimate of drug-likeness (QED) is 0.442. The largest absolute Gasteiger partial charge is 0.416 e. The van der Waals surface area contributed by atoms with E-state index in [1.165, 1.54) is 30.9 Å². The monoisotopic (exact) mass is 458 g/mol. The minimum atomic E-state index is -4.45. The summed E-state index contributed by atoms with van der Waals surface area (Å²) >= 11 is 0. The van der Waals surface area contributed by atoms with Gasteiger partial charge in [0.2, 0.25) is 0 Å². The minimum Gasteiger partial charge on any atom is -0.399 e. The Bertz CT molecular complexity index is 1140. The van der Waals surface area contributed by atoms with E-state index in [-0.39, 0.29) is 12.2 Å². The normalized spacial score (nSPS) is 15.1. The number of hydrogen-bond donors (Lipinski definition) is 3. The van der Waals surface area contributed by atoms with E-state index in [2.05, 4.69) is 31.6 Å². The SMILES string of the molecule is CNc1cc2c(NCc3cc(N)cc(C(F)(F)F)c3)nc(C)nc2cc1CN1CCCCC1. The summed E-state index contributed by atoms with van der Waals surface area (Å²) < 4.78 is 39.5. The third-order valence-electron chi connectivity index (χ3n) is 5.95. The number of hydrogen-bond acceptors (Lipinski definition) is 6. The van der Waals surface area contributed by atoms with Crippen molar-refractivity contribution in [3.8, 4) is 0 Å². The van der Waals surface area contributed by atoms with Crippen molar-refractivity contribution < 1.29 is 13.2 Å². The lowest BCUT2D eigenvalue weighted by Gasteiger charge is -2.27. The van der Waals surface area contributed by atoms with Gasteiger partial charge in [0, 0.05) is 36.9 Å². The maximum atomic E-state index is 13.2. The van der Waals surface area contributed by atoms with Crippen LogP contribution in [0.1, 0.15) is 41.8 Å². The molecule has 6 nitrogen and oxygen atoms in total. The first-order valence-corrected chi connectivity index (χ1v) is 11.1. The molecule has 0 saturated carbocycles. The first-order valence-electron chi connectivity index (χ1n) is 11.1. The number of rotatable bonds is 6. The van der Waals surface area contributed by atoms with E-state index >= 15 is 0 Å². The van der Waals surface area contributed by atoms with Crippen LogP contribution in [0.2, 0.25) is 0 Å². The van der Waals surface area contributed by atoms with Crippen molar-refractivity contribution in [3.63, 3.8) is 0 Å². The lowest BCUT2D eigenvalue weighted by Crippen LogP contribution is -2.29. The smallest absolute Gasteiger partial charge is 0.399 e. The molecule has 0 amide bonds. The summed E-state index contributed by atoms with van der Waals surface area (Å²) in [5, 5.41) is 7.28. The zero-order valence-corrected chi connectivity index (χ0v) is 18.9. The molecule has 9 heteroatoms. The van der Waals surface area contributed by atoms with Crippen molar-refractivity contribution in [1.82, 2.24) is 14.9 Å². The molecule has 1 aliphatic rings. The lowest BCUT2D eigenvalue weighted by molar-refractivity contribution is -0.137. The molecule has 0 unspecified atom stereocenters. The van der Waals surface area contributed by atoms with E-state index in [1.54, 1.807) is 0 Å². The summed E-state index contributed by atoms with van der Waals surface area (Å²) in [5.41, 5.74) is 8.42. The molecule has 2 aromatic carbocycles. The van der Waals surface area contributed by atoms with E-state index in [9.17, 15) is 13.2 Å². The van der Waals surface area contributed by atoms with Crippen molar-refractivity contribution >= 4 is 28.1 Å². The lowest BCUT2D eigenvalue weighted by atomic mass is 10.1. The second-order valence-corrected chi connectivity index (χ2v) is 8.55. The molecule has 0 atom stereocenters. The van der Waals surface area contributed by atoms with Crippen LogP contribution in [0.5, 0.6) is 0 Å². The molecular formula is C24H29F3N6. The molecule has 4 rings (SSSR count). The van der Waals surface area contributed by atoms with Gasteiger partial charge < -0.3 is 16.4 Å². The van der Waals surface area contributed by atoms with Gasteiger partial charge in [0.15, 0.2) is 0 Å². The van der Waals surface area contributed by atoms with Crippen molar-refractivity contribution in [3.05, 3.63) is 52.8 Å². The molecule has 0 bridgehead atoms. The van der Waals surface area contributed by atoms with Crippen molar-refractivity contribution in [1.29, 1.82) is 0 Å². The molecule has 1 saturated heterocycles. The highest BCUT2D eigenvalue weighted by Crippen LogP contribution is 2.32. The Morgan fingerprint density at radius 2 is 1.79 bits per heavy atom. The van der Waals surface area contributed by atoms with Gasteiger partial charge in [-0.15, -0.1) is 0 Å². The number of aryl methyl sites for hydroxylation is 1. The Labute approximate surface area is 191 Å². The van der Waals surface area contributed by atoms with Crippen LogP contribution in [0, 0.1) is 6.92 Å². The van der Waals surface area contributed by atoms with Gasteiger partial charge in [-0.05, 0) is 74.3 Å². The van der Waals surface area contributed by atoms with Crippen molar-refractivity contribution in [2.75, 3.05) is 36.5 Å². The molecule has 1 aromatic heterocycles. The van der Waals surface area contributed by atoms with Gasteiger partial charge in [0.1, 0.15) is 11.6 Å². The number of nitrogens with two attached hydrogens (primary N) is 1. The molecule has 4 N–H and O–H groups in total. The van der Waals surface area contributed by atoms with Gasteiger partial charge in [-0.25, -0.2) is 9.97 Å². The number of likely N-dealkylation sites (tertiary alicyclic amines) is 1. The topological polar surface area (TPSA) is 79.1 Å². The summed E-state index contributed by atoms with van der Waals surface area (Å²) in [6, 6.07) is 7.68. The van der Waals surface area contributed by atoms with Gasteiger partial charge in [-0.1, -0.05) is 6.42 Å². The molecule has 33 heavy (non-hydrogen) atoms. The average Bonchev–Trinajstić information content (AvgIpc) is 2.76. The zero-order valence-electron chi connectivity index (χ0n) is 18.9. The predicted molar refractivity (Wildman–Crippen MR) is 126 cm³/mol. The number of halogens is 3. The number of piperidine rings is 1. The molecule has 0 spiro atoms. The second-order valence-electron chi connectivity index (χ2n) is 8.55. The molecule has 3 aromatic rings. The van der Waals surface area contributed by atoms with Gasteiger partial charge >= 0.3 is 6.18 Å². The van der Waals surface area contributed by atoms with E-state index in [0.29, 0.717) is 17.2 Å². The first kappa shape index (κ1) is 23.1. The minimum absolute atomic E-state index is 0.0742. The Morgan fingerprint density at radius 1 is 1.03 bits per heavy atom. The number of benzene rings is 2. The van der Waals surface area contributed by atoms with Crippen LogP contribution >= 0.6 is 0 Å². The summed E-state index contributed by atoms with van der Waals surface area (Å²) in [5.74, 6) is 1.17. The molecule has 1 fully saturated rings. The molecule has 2 heterocycles. The van der Waals surface area contributed by atoms with Gasteiger partial charge in [0.25, 0.3) is 0 Å². The fraction of sp³-hybridized carbons (Fsp3) is 0.417. The standard InChI is InChI=1S/C24H29F3N6/c1-15-31-22-10-17(14-33-6-4-3-5-7-33)21(29-2)12-20(22)23(32-15)30-13-16-8-18(24(25,26)27)11-19(28)9-16/h8-12,29H,3-7,13-14,28H2,1-2H3,(H,30,31,32). The Morgan fingerprint density at radius 3 is 2.48 bits per heavy atom. The summed E-state index contributed by atoms with van der Waals surface area (Å²) in [4.78, 5) is 11.6. The van der Waals surface area contributed by atoms with Crippen molar-refractivity contribution in [2.24, 2.45) is 0 Å². The number of nitrogens with one attached hydrogen (secondary N) is 2. The molecular weight excluding hydrogens is 429 g/mol. The maximum Gasteiger partial charge on any atom is 0.416 e. The number of nitrogen functional groups attached to an aromatic ring is 1. The Hall–Kier alpha value is -3.07. The first-order chi connectivity index (χ1) is 15.7. The second kappa shape index (κ2) is 9.43. The summed E-state index contributed by atoms with van der Waals surface area (Å²) in [6.45, 7) is 5.00. The molecule has 176 valence electrons. The Balaban J connectivity index is 1.63. The van der Waals surface area contributed by atoms with Crippen LogP contribution in [0.15, 0.2) is 30.3 Å². The summed E-state index contributed by atoms with van der Waals surface area (Å²) in [6.07, 6.45) is -0.726. The van der Waals surface area contributed by atoms with Crippen LogP contribution < -0.4 is 16.4 Å². The number of alkyl halides is 3. The highest BCUT2D eigenvalue weighted by Gasteiger charge is 2.31. The zero-order chi connectivity index (χ0) is 23.6. The highest BCUT2D eigenvalue weighted by atomic mass is 19.4. The highest BCUT2D eigenvalue weighted by molar-refractivity contribution is 5.92. The van der Waals surface area contributed by atoms with E-state index in [4.69, 9.17) is 5.73 Å². The average molecular weight is 459 g/mol. The number of anilines is 3. The summed E-state index contributed by atoms with van der Waals surface area (Å²) in [7, 11) is 1.88. The Kier molecular flexibility index (Phi) is 6.60. The van der Waals surface area contributed by atoms with E-state index < -0.39 is 11.7 Å². The third-order valence-corrected chi connectivity index (χ3v) is 5.95. The van der Waals surface area contributed by atoms with E-state index in [1.807, 2.05) is 20.0 Å². The van der Waals surface area contributed by atoms with Crippen LogP contribution in [0.25, 0.3) is 10.9 Å². The van der Waals surface area contributed by atoms with Crippen molar-refractivity contribution in [2.45, 2.75) is 45.5 Å². The van der Waals surface area contributed by atoms with Gasteiger partial charge in [-0.2, -0.15) is 13.2 Å². The fourth-order valence-electron chi connectivity index (χ4n) is 4.36. The van der Waals surface area contributed by atoms with Crippen LogP contribution in [0.4, 0.5) is 30.4 Å². The number of fused-ring (bicyclic) bond motifs is 1. The maximum absolute atomic E-state index is 13.2. The third kappa shape index (κ3) is 5.47. The number of nitrogens with zero attached hydrogens (tertiary/aromatic N) is 3. The molecule has 0 radical (unpaired) electrons. The molecule has 0 aliphatic carbocycles. The fourth-order valence-corrected chi connectivity index (χ4v) is 4.36. The van der Waals surface area contributed by atoms with E-state index in [0.717, 1.165) is 48.4 Å². The predicted octanol–water partition coefficient (Wildman–Crippen LogP) is 5.18. The van der Waals surface area contributed by atoms with Gasteiger partial charge in [-0.3, -0.25) is 4.90 Å².